The topological polar surface area (TPSA) is 144 Å². The summed E-state index contributed by atoms with van der Waals surface area (Å²) in [6.07, 6.45) is 6.99. The molecule has 2 N–H and O–H groups in total. The van der Waals surface area contributed by atoms with Gasteiger partial charge in [-0.2, -0.15) is 4.31 Å². The number of rotatable bonds is 7. The quantitative estimate of drug-likeness (QED) is 0.328. The van der Waals surface area contributed by atoms with Gasteiger partial charge < -0.3 is 5.73 Å². The van der Waals surface area contributed by atoms with E-state index in [4.69, 9.17) is 28.9 Å². The molecule has 2 amide bonds. The molecule has 2 aliphatic rings. The number of nitrogens with zero attached hydrogens (tertiary/aromatic N) is 6. The fourth-order valence-electron chi connectivity index (χ4n) is 5.71. The van der Waals surface area contributed by atoms with Crippen LogP contribution in [0.2, 0.25) is 10.0 Å². The fourth-order valence-corrected chi connectivity index (χ4v) is 8.08. The summed E-state index contributed by atoms with van der Waals surface area (Å²) in [5.74, 6) is -1.06. The maximum Gasteiger partial charge on any atom is 0.261 e. The van der Waals surface area contributed by atoms with Gasteiger partial charge in [-0.05, 0) is 49.1 Å². The molecule has 0 radical (unpaired) electrons. The summed E-state index contributed by atoms with van der Waals surface area (Å²) >= 11 is 12.5. The highest BCUT2D eigenvalue weighted by Crippen LogP contribution is 2.45. The zero-order valence-corrected chi connectivity index (χ0v) is 24.6. The van der Waals surface area contributed by atoms with Crippen molar-refractivity contribution in [3.63, 3.8) is 0 Å². The Bertz CT molecular complexity index is 1800. The SMILES string of the molecule is C[C@@]1(Cc2ccc(-c3cncnc3)cc2)C(=O)N(c2cc(Cl)cc(Cl)c2)c2ncc(S(=O)(=O)N3CCCC3C(N)=O)n21. The second-order valence-corrected chi connectivity index (χ2v) is 13.2. The van der Waals surface area contributed by atoms with E-state index in [-0.39, 0.29) is 23.9 Å². The van der Waals surface area contributed by atoms with Gasteiger partial charge in [-0.3, -0.25) is 14.2 Å². The van der Waals surface area contributed by atoms with E-state index in [1.807, 2.05) is 24.3 Å². The van der Waals surface area contributed by atoms with Crippen LogP contribution in [0.15, 0.2) is 72.4 Å². The Morgan fingerprint density at radius 2 is 1.71 bits per heavy atom. The number of benzene rings is 2. The molecule has 0 spiro atoms. The molecule has 1 fully saturated rings. The molecule has 2 aromatic heterocycles. The number of amides is 2. The number of carbonyl (C=O) groups is 2. The summed E-state index contributed by atoms with van der Waals surface area (Å²) in [6.45, 7) is 1.79. The zero-order valence-electron chi connectivity index (χ0n) is 22.3. The molecule has 0 saturated carbocycles. The number of hydrogen-bond acceptors (Lipinski definition) is 7. The summed E-state index contributed by atoms with van der Waals surface area (Å²) in [7, 11) is -4.28. The van der Waals surface area contributed by atoms with Gasteiger partial charge >= 0.3 is 0 Å². The number of anilines is 2. The largest absolute Gasteiger partial charge is 0.368 e. The summed E-state index contributed by atoms with van der Waals surface area (Å²) in [6, 6.07) is 11.2. The van der Waals surface area contributed by atoms with Gasteiger partial charge in [0.15, 0.2) is 5.03 Å². The highest BCUT2D eigenvalue weighted by molar-refractivity contribution is 7.89. The van der Waals surface area contributed by atoms with E-state index in [9.17, 15) is 18.0 Å². The number of carbonyl (C=O) groups excluding carboxylic acids is 2. The lowest BCUT2D eigenvalue weighted by Crippen LogP contribution is -2.46. The first kappa shape index (κ1) is 28.3. The molecule has 6 rings (SSSR count). The Labute approximate surface area is 252 Å². The first-order valence-corrected chi connectivity index (χ1v) is 15.2. The number of hydrogen-bond donors (Lipinski definition) is 1. The van der Waals surface area contributed by atoms with Crippen LogP contribution < -0.4 is 10.6 Å². The average molecular weight is 627 g/mol. The predicted molar refractivity (Wildman–Crippen MR) is 157 cm³/mol. The molecule has 2 aliphatic heterocycles. The van der Waals surface area contributed by atoms with E-state index in [0.29, 0.717) is 28.6 Å². The van der Waals surface area contributed by atoms with Crippen LogP contribution in [0.5, 0.6) is 0 Å². The monoisotopic (exact) mass is 625 g/mol. The van der Waals surface area contributed by atoms with Crippen molar-refractivity contribution in [3.05, 3.63) is 83.0 Å². The Kier molecular flexibility index (Phi) is 7.04. The number of halogens is 2. The molecule has 11 nitrogen and oxygen atoms in total. The van der Waals surface area contributed by atoms with Crippen LogP contribution in [0.1, 0.15) is 25.3 Å². The van der Waals surface area contributed by atoms with Gasteiger partial charge in [-0.1, -0.05) is 47.5 Å². The molecule has 4 aromatic rings. The van der Waals surface area contributed by atoms with Crippen molar-refractivity contribution in [1.82, 2.24) is 23.8 Å². The lowest BCUT2D eigenvalue weighted by atomic mass is 9.91. The smallest absolute Gasteiger partial charge is 0.261 e. The van der Waals surface area contributed by atoms with Crippen LogP contribution in [0.4, 0.5) is 11.6 Å². The second kappa shape index (κ2) is 10.5. The third-order valence-electron chi connectivity index (χ3n) is 7.68. The van der Waals surface area contributed by atoms with E-state index >= 15 is 0 Å². The van der Waals surface area contributed by atoms with Crippen LogP contribution >= 0.6 is 23.2 Å². The van der Waals surface area contributed by atoms with Gasteiger partial charge in [-0.25, -0.2) is 28.3 Å². The Morgan fingerprint density at radius 1 is 1.05 bits per heavy atom. The van der Waals surface area contributed by atoms with Crippen molar-refractivity contribution in [1.29, 1.82) is 0 Å². The zero-order chi connectivity index (χ0) is 29.8. The van der Waals surface area contributed by atoms with Crippen molar-refractivity contribution in [2.24, 2.45) is 5.73 Å². The molecular weight excluding hydrogens is 601 g/mol. The van der Waals surface area contributed by atoms with Gasteiger partial charge in [0, 0.05) is 41.0 Å². The van der Waals surface area contributed by atoms with E-state index in [1.54, 1.807) is 31.5 Å². The number of primary amides is 1. The van der Waals surface area contributed by atoms with Crippen LogP contribution in [0, 0.1) is 0 Å². The van der Waals surface area contributed by atoms with Gasteiger partial charge in [-0.15, -0.1) is 0 Å². The first-order valence-electron chi connectivity index (χ1n) is 13.0. The second-order valence-electron chi connectivity index (χ2n) is 10.5. The molecule has 1 saturated heterocycles. The van der Waals surface area contributed by atoms with E-state index in [2.05, 4.69) is 15.0 Å². The van der Waals surface area contributed by atoms with Crippen LogP contribution in [0.25, 0.3) is 11.1 Å². The molecule has 0 aliphatic carbocycles. The minimum Gasteiger partial charge on any atom is -0.368 e. The molecule has 0 bridgehead atoms. The summed E-state index contributed by atoms with van der Waals surface area (Å²) < 4.78 is 30.6. The maximum atomic E-state index is 14.3. The molecule has 2 atom stereocenters. The highest BCUT2D eigenvalue weighted by atomic mass is 35.5. The minimum atomic E-state index is -4.28. The van der Waals surface area contributed by atoms with Gasteiger partial charge in [0.2, 0.25) is 11.9 Å². The average Bonchev–Trinajstić information content (AvgIpc) is 3.67. The molecule has 1 unspecified atom stereocenters. The standard InChI is InChI=1S/C28H25Cl2N7O4S/c1-28(12-17-4-6-18(7-5-17)19-13-32-16-33-14-19)26(39)36(22-10-20(29)9-21(30)11-22)27-34-15-24(37(27)28)42(40,41)35-8-2-3-23(35)25(31)38/h4-7,9-11,13-16,23H,2-3,8,12H2,1H3,(H2,31,38)/t23?,28-/m1/s1. The van der Waals surface area contributed by atoms with Crippen LogP contribution in [-0.2, 0) is 31.6 Å². The maximum absolute atomic E-state index is 14.3. The van der Waals surface area contributed by atoms with E-state index < -0.39 is 33.4 Å². The van der Waals surface area contributed by atoms with Crippen molar-refractivity contribution in [3.8, 4) is 11.1 Å². The lowest BCUT2D eigenvalue weighted by Gasteiger charge is -2.28. The normalized spacial score (nSPS) is 20.7. The molecule has 2 aromatic carbocycles. The Hall–Kier alpha value is -3.84. The van der Waals surface area contributed by atoms with Crippen molar-refractivity contribution >= 4 is 56.7 Å². The number of nitrogens with two attached hydrogens (primary N) is 1. The number of aromatic nitrogens is 4. The fraction of sp³-hybridized carbons (Fsp3) is 0.250. The predicted octanol–water partition coefficient (Wildman–Crippen LogP) is 3.92. The molecule has 14 heteroatoms. The highest BCUT2D eigenvalue weighted by Gasteiger charge is 2.53. The minimum absolute atomic E-state index is 0.0901. The number of sulfonamides is 1. The lowest BCUT2D eigenvalue weighted by molar-refractivity contribution is -0.124. The van der Waals surface area contributed by atoms with Crippen LogP contribution in [0.3, 0.4) is 0 Å². The molecule has 42 heavy (non-hydrogen) atoms. The summed E-state index contributed by atoms with van der Waals surface area (Å²) in [5, 5.41) is 0.383. The van der Waals surface area contributed by atoms with E-state index in [0.717, 1.165) is 21.0 Å². The third-order valence-corrected chi connectivity index (χ3v) is 9.98. The van der Waals surface area contributed by atoms with Crippen molar-refractivity contribution < 1.29 is 18.0 Å². The number of imidazole rings is 1. The Morgan fingerprint density at radius 3 is 2.36 bits per heavy atom. The first-order chi connectivity index (χ1) is 20.0. The number of fused-ring (bicyclic) bond motifs is 1. The van der Waals surface area contributed by atoms with Gasteiger partial charge in [0.05, 0.1) is 11.9 Å². The molecular formula is C28H25Cl2N7O4S. The van der Waals surface area contributed by atoms with Crippen molar-refractivity contribution in [2.75, 3.05) is 11.4 Å². The van der Waals surface area contributed by atoms with Gasteiger partial charge in [0.25, 0.3) is 15.9 Å². The van der Waals surface area contributed by atoms with E-state index in [1.165, 1.54) is 28.1 Å². The Balaban J connectivity index is 1.47. The molecule has 216 valence electrons. The third kappa shape index (κ3) is 4.64. The summed E-state index contributed by atoms with van der Waals surface area (Å²) in [4.78, 5) is 40.3. The van der Waals surface area contributed by atoms with Crippen LogP contribution in [-0.4, -0.2) is 56.6 Å². The van der Waals surface area contributed by atoms with Gasteiger partial charge in [0.1, 0.15) is 17.9 Å². The summed E-state index contributed by atoms with van der Waals surface area (Å²) in [5.41, 5.74) is 6.95. The van der Waals surface area contributed by atoms with Crippen molar-refractivity contribution in [2.45, 2.75) is 42.8 Å². The molecule has 4 heterocycles.